The van der Waals surface area contributed by atoms with Crippen molar-refractivity contribution in [2.45, 2.75) is 56.5 Å². The van der Waals surface area contributed by atoms with Gasteiger partial charge in [-0.3, -0.25) is 4.79 Å². The highest BCUT2D eigenvalue weighted by atomic mass is 32.2. The van der Waals surface area contributed by atoms with Crippen LogP contribution in [0.15, 0.2) is 16.3 Å². The van der Waals surface area contributed by atoms with Crippen LogP contribution < -0.4 is 0 Å². The number of aromatic nitrogens is 3. The van der Waals surface area contributed by atoms with Crippen molar-refractivity contribution in [3.8, 4) is 0 Å². The Labute approximate surface area is 150 Å². The maximum Gasteiger partial charge on any atom is 0.323 e. The molecule has 1 aliphatic heterocycles. The smallest absolute Gasteiger partial charge is 0.323 e. The molecule has 1 aliphatic rings. The minimum atomic E-state index is -3.94. The lowest BCUT2D eigenvalue weighted by atomic mass is 9.95. The van der Waals surface area contributed by atoms with Gasteiger partial charge < -0.3 is 9.67 Å². The number of sulfonamides is 1. The molecule has 3 rings (SSSR count). The normalized spacial score (nSPS) is 19.0. The van der Waals surface area contributed by atoms with Gasteiger partial charge in [0.2, 0.25) is 0 Å². The monoisotopic (exact) mass is 384 g/mol. The average molecular weight is 384 g/mol. The Morgan fingerprint density at radius 3 is 2.56 bits per heavy atom. The number of rotatable bonds is 3. The van der Waals surface area contributed by atoms with Crippen LogP contribution in [0.2, 0.25) is 0 Å². The van der Waals surface area contributed by atoms with Crippen molar-refractivity contribution in [3.63, 3.8) is 0 Å². The Balaban J connectivity index is 2.03. The molecule has 0 bridgehead atoms. The first-order chi connectivity index (χ1) is 11.5. The molecule has 0 aliphatic carbocycles. The van der Waals surface area contributed by atoms with Gasteiger partial charge in [-0.25, -0.2) is 8.42 Å². The first kappa shape index (κ1) is 18.0. The fourth-order valence-electron chi connectivity index (χ4n) is 2.72. The Morgan fingerprint density at radius 1 is 1.32 bits per heavy atom. The molecule has 0 radical (unpaired) electrons. The van der Waals surface area contributed by atoms with Crippen LogP contribution in [-0.2, 0) is 33.3 Å². The molecule has 0 spiro atoms. The van der Waals surface area contributed by atoms with E-state index in [4.69, 9.17) is 0 Å². The van der Waals surface area contributed by atoms with E-state index in [0.717, 1.165) is 9.18 Å². The van der Waals surface area contributed by atoms with Crippen molar-refractivity contribution in [1.82, 2.24) is 19.1 Å². The Bertz CT molecular complexity index is 924. The predicted octanol–water partition coefficient (Wildman–Crippen LogP) is 1.60. The quantitative estimate of drug-likeness (QED) is 0.862. The molecule has 0 saturated carbocycles. The topological polar surface area (TPSA) is 105 Å². The van der Waals surface area contributed by atoms with Crippen LogP contribution >= 0.6 is 11.3 Å². The highest BCUT2D eigenvalue weighted by Crippen LogP contribution is 2.35. The summed E-state index contributed by atoms with van der Waals surface area (Å²) >= 11 is 1.18. The van der Waals surface area contributed by atoms with Gasteiger partial charge >= 0.3 is 5.97 Å². The van der Waals surface area contributed by atoms with E-state index in [1.54, 1.807) is 23.6 Å². The van der Waals surface area contributed by atoms with Gasteiger partial charge in [0.05, 0.1) is 13.1 Å². The third-order valence-corrected chi connectivity index (χ3v) is 8.01. The molecule has 10 heteroatoms. The summed E-state index contributed by atoms with van der Waals surface area (Å²) in [6.07, 6.45) is 0. The highest BCUT2D eigenvalue weighted by molar-refractivity contribution is 7.91. The lowest BCUT2D eigenvalue weighted by Gasteiger charge is -2.32. The van der Waals surface area contributed by atoms with Gasteiger partial charge in [0, 0.05) is 4.88 Å². The van der Waals surface area contributed by atoms with E-state index in [1.165, 1.54) is 11.3 Å². The van der Waals surface area contributed by atoms with Crippen LogP contribution in [-0.4, -0.2) is 44.6 Å². The van der Waals surface area contributed by atoms with E-state index < -0.39 is 22.0 Å². The van der Waals surface area contributed by atoms with Gasteiger partial charge in [0.25, 0.3) is 10.0 Å². The Hall–Kier alpha value is -1.78. The van der Waals surface area contributed by atoms with Crippen molar-refractivity contribution in [1.29, 1.82) is 0 Å². The molecule has 0 fully saturated rings. The summed E-state index contributed by atoms with van der Waals surface area (Å²) in [5.41, 5.74) is -0.177. The number of carbonyl (C=O) groups is 1. The molecule has 2 aromatic rings. The van der Waals surface area contributed by atoms with Gasteiger partial charge in [-0.1, -0.05) is 20.8 Å². The summed E-state index contributed by atoms with van der Waals surface area (Å²) < 4.78 is 29.0. The molecule has 136 valence electrons. The highest BCUT2D eigenvalue weighted by Gasteiger charge is 2.42. The molecule has 1 atom stereocenters. The molecular formula is C15H20N4O4S2. The van der Waals surface area contributed by atoms with Crippen molar-refractivity contribution in [2.24, 2.45) is 0 Å². The zero-order valence-electron chi connectivity index (χ0n) is 14.4. The van der Waals surface area contributed by atoms with Crippen molar-refractivity contribution >= 4 is 27.3 Å². The van der Waals surface area contributed by atoms with Gasteiger partial charge in [-0.15, -0.1) is 21.5 Å². The summed E-state index contributed by atoms with van der Waals surface area (Å²) in [5, 5.41) is 17.4. The standard InChI is InChI=1S/C15H20N4O4S2/c1-9-16-17-12-8-19(10(14(20)21)7-18(9)12)25(22,23)13-6-5-11(24-13)15(2,3)4/h5-6,10H,7-8H2,1-4H3,(H,20,21). The molecule has 2 aromatic heterocycles. The summed E-state index contributed by atoms with van der Waals surface area (Å²) in [4.78, 5) is 12.6. The molecule has 1 unspecified atom stereocenters. The fourth-order valence-corrected chi connectivity index (χ4v) is 5.75. The van der Waals surface area contributed by atoms with E-state index in [0.29, 0.717) is 11.6 Å². The minimum Gasteiger partial charge on any atom is -0.480 e. The zero-order valence-corrected chi connectivity index (χ0v) is 16.1. The van der Waals surface area contributed by atoms with Gasteiger partial charge in [-0.2, -0.15) is 4.31 Å². The second kappa shape index (κ2) is 5.89. The lowest BCUT2D eigenvalue weighted by molar-refractivity contribution is -0.142. The first-order valence-electron chi connectivity index (χ1n) is 7.75. The summed E-state index contributed by atoms with van der Waals surface area (Å²) in [6, 6.07) is 2.14. The third kappa shape index (κ3) is 3.09. The molecular weight excluding hydrogens is 364 g/mol. The van der Waals surface area contributed by atoms with Crippen molar-refractivity contribution < 1.29 is 18.3 Å². The van der Waals surface area contributed by atoms with Gasteiger partial charge in [0.15, 0.2) is 0 Å². The third-order valence-electron chi connectivity index (χ3n) is 4.18. The van der Waals surface area contributed by atoms with Gasteiger partial charge in [-0.05, 0) is 24.5 Å². The van der Waals surface area contributed by atoms with E-state index in [2.05, 4.69) is 10.2 Å². The molecule has 3 heterocycles. The lowest BCUT2D eigenvalue weighted by Crippen LogP contribution is -2.50. The van der Waals surface area contributed by atoms with Crippen LogP contribution in [0.3, 0.4) is 0 Å². The maximum atomic E-state index is 13.1. The number of carboxylic acids is 1. The van der Waals surface area contributed by atoms with Crippen LogP contribution in [0.5, 0.6) is 0 Å². The molecule has 0 amide bonds. The number of nitrogens with zero attached hydrogens (tertiary/aromatic N) is 4. The van der Waals surface area contributed by atoms with E-state index in [-0.39, 0.29) is 22.7 Å². The second-order valence-corrected chi connectivity index (χ2v) is 10.2. The first-order valence-corrected chi connectivity index (χ1v) is 10.0. The maximum absolute atomic E-state index is 13.1. The largest absolute Gasteiger partial charge is 0.480 e. The van der Waals surface area contributed by atoms with Crippen LogP contribution in [0.1, 0.15) is 37.3 Å². The minimum absolute atomic E-state index is 0.000231. The van der Waals surface area contributed by atoms with E-state index >= 15 is 0 Å². The number of carboxylic acid groups (broad SMARTS) is 1. The molecule has 1 N–H and O–H groups in total. The number of hydrogen-bond acceptors (Lipinski definition) is 6. The summed E-state index contributed by atoms with van der Waals surface area (Å²) in [5.74, 6) is -0.162. The zero-order chi connectivity index (χ0) is 18.6. The second-order valence-electron chi connectivity index (χ2n) is 7.05. The Morgan fingerprint density at radius 2 is 2.00 bits per heavy atom. The molecule has 8 nitrogen and oxygen atoms in total. The van der Waals surface area contributed by atoms with Crippen LogP contribution in [0.4, 0.5) is 0 Å². The SMILES string of the molecule is Cc1nnc2n1CC(C(=O)O)N(S(=O)(=O)c1ccc(C(C)(C)C)s1)C2. The predicted molar refractivity (Wildman–Crippen MR) is 91.9 cm³/mol. The van der Waals surface area contributed by atoms with Crippen molar-refractivity contribution in [2.75, 3.05) is 0 Å². The van der Waals surface area contributed by atoms with Crippen molar-refractivity contribution in [3.05, 3.63) is 28.7 Å². The van der Waals surface area contributed by atoms with E-state index in [9.17, 15) is 18.3 Å². The molecule has 25 heavy (non-hydrogen) atoms. The number of hydrogen-bond donors (Lipinski definition) is 1. The number of aryl methyl sites for hydroxylation is 1. The molecule has 0 saturated heterocycles. The number of fused-ring (bicyclic) bond motifs is 1. The number of aliphatic carboxylic acids is 1. The number of thiophene rings is 1. The Kier molecular flexibility index (Phi) is 4.25. The summed E-state index contributed by atoms with van der Waals surface area (Å²) in [6.45, 7) is 7.61. The van der Waals surface area contributed by atoms with E-state index in [1.807, 2.05) is 20.8 Å². The molecule has 0 aromatic carbocycles. The van der Waals surface area contributed by atoms with Crippen LogP contribution in [0, 0.1) is 6.92 Å². The fraction of sp³-hybridized carbons (Fsp3) is 0.533. The van der Waals surface area contributed by atoms with Crippen LogP contribution in [0.25, 0.3) is 0 Å². The van der Waals surface area contributed by atoms with Gasteiger partial charge in [0.1, 0.15) is 21.9 Å². The average Bonchev–Trinajstić information content (AvgIpc) is 3.13. The summed E-state index contributed by atoms with van der Waals surface area (Å²) in [7, 11) is -3.94.